The Morgan fingerprint density at radius 1 is 1.33 bits per heavy atom. The van der Waals surface area contributed by atoms with Gasteiger partial charge in [0.1, 0.15) is 12.3 Å². The van der Waals surface area contributed by atoms with Gasteiger partial charge in [0.25, 0.3) is 5.91 Å². The van der Waals surface area contributed by atoms with Crippen LogP contribution in [0.1, 0.15) is 30.3 Å². The van der Waals surface area contributed by atoms with Crippen LogP contribution in [0.15, 0.2) is 23.3 Å². The highest BCUT2D eigenvalue weighted by molar-refractivity contribution is 6.36. The Bertz CT molecular complexity index is 800. The van der Waals surface area contributed by atoms with Gasteiger partial charge >= 0.3 is 0 Å². The highest BCUT2D eigenvalue weighted by Crippen LogP contribution is 2.32. The predicted octanol–water partition coefficient (Wildman–Crippen LogP) is 3.44. The molecule has 0 aliphatic carbocycles. The predicted molar refractivity (Wildman–Crippen MR) is 94.8 cm³/mol. The second-order valence-electron chi connectivity index (χ2n) is 5.32. The van der Waals surface area contributed by atoms with Crippen LogP contribution in [0, 0.1) is 13.8 Å². The average molecular weight is 369 g/mol. The molecule has 0 fully saturated rings. The van der Waals surface area contributed by atoms with E-state index in [9.17, 15) is 9.90 Å². The summed E-state index contributed by atoms with van der Waals surface area (Å²) in [6, 6.07) is 4.88. The Labute approximate surface area is 150 Å². The van der Waals surface area contributed by atoms with Gasteiger partial charge in [-0.1, -0.05) is 30.1 Å². The number of phenols is 1. The van der Waals surface area contributed by atoms with Gasteiger partial charge in [-0.05, 0) is 38.5 Å². The fraction of sp³-hybridized carbons (Fsp3) is 0.312. The number of aromatic nitrogens is 2. The minimum Gasteiger partial charge on any atom is -0.506 e. The lowest BCUT2D eigenvalue weighted by atomic mass is 10.1. The van der Waals surface area contributed by atoms with Crippen molar-refractivity contribution in [3.63, 3.8) is 0 Å². The zero-order valence-electron chi connectivity index (χ0n) is 13.6. The Morgan fingerprint density at radius 2 is 2.04 bits per heavy atom. The molecule has 0 saturated heterocycles. The summed E-state index contributed by atoms with van der Waals surface area (Å²) in [5.74, 6) is -0.436. The van der Waals surface area contributed by atoms with Crippen LogP contribution in [-0.2, 0) is 11.3 Å². The lowest BCUT2D eigenvalue weighted by Gasteiger charge is -2.09. The molecular formula is C16H18Cl2N4O2. The zero-order chi connectivity index (χ0) is 17.9. The summed E-state index contributed by atoms with van der Waals surface area (Å²) in [5, 5.41) is 18.9. The van der Waals surface area contributed by atoms with E-state index in [1.807, 2.05) is 26.8 Å². The molecular weight excluding hydrogens is 351 g/mol. The molecule has 1 aromatic heterocycles. The first-order valence-corrected chi connectivity index (χ1v) is 8.12. The topological polar surface area (TPSA) is 79.5 Å². The van der Waals surface area contributed by atoms with Crippen LogP contribution in [0.3, 0.4) is 0 Å². The van der Waals surface area contributed by atoms with Crippen LogP contribution in [0.25, 0.3) is 0 Å². The van der Waals surface area contributed by atoms with E-state index in [1.54, 1.807) is 10.7 Å². The average Bonchev–Trinajstić information content (AvgIpc) is 2.82. The number of carbonyl (C=O) groups is 1. The number of halogens is 2. The van der Waals surface area contributed by atoms with Crippen molar-refractivity contribution in [2.24, 2.45) is 5.10 Å². The van der Waals surface area contributed by atoms with Gasteiger partial charge in [0.05, 0.1) is 16.4 Å². The van der Waals surface area contributed by atoms with Crippen LogP contribution < -0.4 is 5.43 Å². The van der Waals surface area contributed by atoms with Crippen molar-refractivity contribution < 1.29 is 9.90 Å². The summed E-state index contributed by atoms with van der Waals surface area (Å²) in [5.41, 5.74) is 5.07. The molecule has 2 aromatic rings. The quantitative estimate of drug-likeness (QED) is 0.626. The van der Waals surface area contributed by atoms with Gasteiger partial charge in [0, 0.05) is 16.3 Å². The van der Waals surface area contributed by atoms with E-state index in [0.29, 0.717) is 22.7 Å². The van der Waals surface area contributed by atoms with E-state index in [-0.39, 0.29) is 23.2 Å². The lowest BCUT2D eigenvalue weighted by Crippen LogP contribution is -2.25. The molecule has 0 bridgehead atoms. The number of phenolic OH excluding ortho intramolecular Hbond substituents is 1. The molecule has 24 heavy (non-hydrogen) atoms. The van der Waals surface area contributed by atoms with Crippen molar-refractivity contribution in [3.8, 4) is 5.75 Å². The Morgan fingerprint density at radius 3 is 2.62 bits per heavy atom. The molecule has 6 nitrogen and oxygen atoms in total. The number of hydrazone groups is 1. The Balaban J connectivity index is 2.16. The summed E-state index contributed by atoms with van der Waals surface area (Å²) >= 11 is 11.9. The van der Waals surface area contributed by atoms with Crippen molar-refractivity contribution in [2.75, 3.05) is 0 Å². The third-order valence-electron chi connectivity index (χ3n) is 3.39. The van der Waals surface area contributed by atoms with Crippen LogP contribution in [0.5, 0.6) is 5.75 Å². The molecule has 0 saturated carbocycles. The molecule has 2 rings (SSSR count). The molecule has 0 aliphatic heterocycles. The summed E-state index contributed by atoms with van der Waals surface area (Å²) in [7, 11) is 0. The number of aryl methyl sites for hydroxylation is 2. The number of nitrogens with one attached hydrogen (secondary N) is 1. The number of carbonyl (C=O) groups excluding carboxylic acids is 1. The molecule has 8 heteroatoms. The van der Waals surface area contributed by atoms with Crippen molar-refractivity contribution in [2.45, 2.75) is 33.7 Å². The van der Waals surface area contributed by atoms with E-state index in [2.05, 4.69) is 15.6 Å². The fourth-order valence-corrected chi connectivity index (χ4v) is 2.75. The summed E-state index contributed by atoms with van der Waals surface area (Å²) < 4.78 is 1.60. The Hall–Kier alpha value is -2.05. The molecule has 0 atom stereocenters. The maximum absolute atomic E-state index is 12.1. The van der Waals surface area contributed by atoms with Crippen molar-refractivity contribution in [1.29, 1.82) is 0 Å². The number of hydrogen-bond acceptors (Lipinski definition) is 4. The maximum Gasteiger partial charge on any atom is 0.261 e. The molecule has 0 radical (unpaired) electrons. The molecule has 0 unspecified atom stereocenters. The SMILES string of the molecule is CC/C(=N\NC(=O)Cn1nc(C)cc1C)c1cc(Cl)cc(Cl)c1O. The van der Waals surface area contributed by atoms with Gasteiger partial charge in [-0.25, -0.2) is 5.43 Å². The van der Waals surface area contributed by atoms with E-state index in [0.717, 1.165) is 11.4 Å². The molecule has 1 heterocycles. The standard InChI is InChI=1S/C16H18Cl2N4O2/c1-4-14(12-6-11(17)7-13(18)16(12)24)19-20-15(23)8-22-10(3)5-9(2)21-22/h5-7,24H,4,8H2,1-3H3,(H,20,23)/b19-14+. The first-order valence-electron chi connectivity index (χ1n) is 7.36. The van der Waals surface area contributed by atoms with E-state index < -0.39 is 0 Å². The van der Waals surface area contributed by atoms with Gasteiger partial charge in [-0.3, -0.25) is 9.48 Å². The molecule has 0 aliphatic rings. The van der Waals surface area contributed by atoms with E-state index in [1.165, 1.54) is 6.07 Å². The van der Waals surface area contributed by atoms with Crippen LogP contribution in [0.4, 0.5) is 0 Å². The first-order chi connectivity index (χ1) is 11.3. The van der Waals surface area contributed by atoms with Crippen LogP contribution in [0.2, 0.25) is 10.0 Å². The molecule has 1 aromatic carbocycles. The number of nitrogens with zero attached hydrogens (tertiary/aromatic N) is 3. The largest absolute Gasteiger partial charge is 0.506 e. The lowest BCUT2D eigenvalue weighted by molar-refractivity contribution is -0.121. The highest BCUT2D eigenvalue weighted by Gasteiger charge is 2.13. The third kappa shape index (κ3) is 4.27. The van der Waals surface area contributed by atoms with Crippen molar-refractivity contribution in [3.05, 3.63) is 45.2 Å². The molecule has 1 amide bonds. The molecule has 0 spiro atoms. The normalized spacial score (nSPS) is 11.6. The maximum atomic E-state index is 12.1. The fourth-order valence-electron chi connectivity index (χ4n) is 2.25. The van der Waals surface area contributed by atoms with Gasteiger partial charge < -0.3 is 5.11 Å². The van der Waals surface area contributed by atoms with Crippen LogP contribution in [-0.4, -0.2) is 26.5 Å². The molecule has 128 valence electrons. The van der Waals surface area contributed by atoms with Crippen LogP contribution >= 0.6 is 23.2 Å². The second kappa shape index (κ2) is 7.68. The Kier molecular flexibility index (Phi) is 5.85. The first kappa shape index (κ1) is 18.3. The third-order valence-corrected chi connectivity index (χ3v) is 3.89. The van der Waals surface area contributed by atoms with Gasteiger partial charge in [0.2, 0.25) is 0 Å². The van der Waals surface area contributed by atoms with Gasteiger partial charge in [-0.2, -0.15) is 10.2 Å². The number of amides is 1. The van der Waals surface area contributed by atoms with Crippen molar-refractivity contribution in [1.82, 2.24) is 15.2 Å². The zero-order valence-corrected chi connectivity index (χ0v) is 15.1. The van der Waals surface area contributed by atoms with E-state index in [4.69, 9.17) is 23.2 Å². The summed E-state index contributed by atoms with van der Waals surface area (Å²) in [6.07, 6.45) is 0.477. The van der Waals surface area contributed by atoms with Crippen molar-refractivity contribution >= 4 is 34.8 Å². The van der Waals surface area contributed by atoms with Gasteiger partial charge in [0.15, 0.2) is 0 Å². The summed E-state index contributed by atoms with van der Waals surface area (Å²) in [6.45, 7) is 5.64. The van der Waals surface area contributed by atoms with Gasteiger partial charge in [-0.15, -0.1) is 0 Å². The minimum atomic E-state index is -0.320. The smallest absolute Gasteiger partial charge is 0.261 e. The highest BCUT2D eigenvalue weighted by atomic mass is 35.5. The number of aromatic hydroxyl groups is 1. The number of benzene rings is 1. The minimum absolute atomic E-state index is 0.0580. The summed E-state index contributed by atoms with van der Waals surface area (Å²) in [4.78, 5) is 12.1. The second-order valence-corrected chi connectivity index (χ2v) is 6.16. The molecule has 2 N–H and O–H groups in total. The monoisotopic (exact) mass is 368 g/mol. The number of hydrogen-bond donors (Lipinski definition) is 2. The van der Waals surface area contributed by atoms with E-state index >= 15 is 0 Å². The number of rotatable bonds is 5.